The second-order valence-corrected chi connectivity index (χ2v) is 29.0. The van der Waals surface area contributed by atoms with Crippen molar-refractivity contribution in [1.29, 1.82) is 0 Å². The van der Waals surface area contributed by atoms with Gasteiger partial charge in [0.25, 0.3) is 0 Å². The van der Waals surface area contributed by atoms with Gasteiger partial charge >= 0.3 is 0 Å². The SMILES string of the molecule is C[C@@H]([C@@H]1O[C@H]1C[C@@H]1OC[C@H](CC(=O)CC(O)c2ccc(Cl)cc2)[C@@H](O[Si](C)(C)C)[C@@H]1O[Si](C)(C)C)[C@H](C)O[Si](C)(C)C. The van der Waals surface area contributed by atoms with Gasteiger partial charge in [0.15, 0.2) is 25.0 Å². The first-order chi connectivity index (χ1) is 19.2. The highest BCUT2D eigenvalue weighted by Gasteiger charge is 2.51. The van der Waals surface area contributed by atoms with Crippen molar-refractivity contribution in [3.63, 3.8) is 0 Å². The van der Waals surface area contributed by atoms with Crippen LogP contribution in [0.2, 0.25) is 63.9 Å². The number of halogens is 1. The third kappa shape index (κ3) is 11.5. The Kier molecular flexibility index (Phi) is 12.3. The first kappa shape index (κ1) is 36.1. The fourth-order valence-corrected chi connectivity index (χ4v) is 9.48. The van der Waals surface area contributed by atoms with Crippen LogP contribution in [-0.2, 0) is 27.5 Å². The molecule has 9 atom stereocenters. The summed E-state index contributed by atoms with van der Waals surface area (Å²) in [6.45, 7) is 24.5. The van der Waals surface area contributed by atoms with Crippen molar-refractivity contribution < 1.29 is 32.7 Å². The predicted octanol–water partition coefficient (Wildman–Crippen LogP) is 7.21. The topological polar surface area (TPSA) is 86.8 Å². The van der Waals surface area contributed by atoms with E-state index in [9.17, 15) is 9.90 Å². The van der Waals surface area contributed by atoms with E-state index in [2.05, 4.69) is 72.8 Å². The maximum absolute atomic E-state index is 13.3. The van der Waals surface area contributed by atoms with E-state index in [0.717, 1.165) is 6.42 Å². The lowest BCUT2D eigenvalue weighted by molar-refractivity contribution is -0.159. The highest BCUT2D eigenvalue weighted by Crippen LogP contribution is 2.41. The molecule has 0 aliphatic carbocycles. The molecule has 2 aliphatic rings. The highest BCUT2D eigenvalue weighted by atomic mass is 35.5. The predicted molar refractivity (Wildman–Crippen MR) is 177 cm³/mol. The van der Waals surface area contributed by atoms with E-state index in [1.165, 1.54) is 0 Å². The van der Waals surface area contributed by atoms with Crippen molar-refractivity contribution in [2.24, 2.45) is 11.8 Å². The minimum absolute atomic E-state index is 0.0174. The summed E-state index contributed by atoms with van der Waals surface area (Å²) in [5.41, 5.74) is 0.681. The average Bonchev–Trinajstić information content (AvgIpc) is 3.59. The summed E-state index contributed by atoms with van der Waals surface area (Å²) in [5.74, 6) is 0.114. The molecule has 0 saturated carbocycles. The van der Waals surface area contributed by atoms with E-state index in [0.29, 0.717) is 17.2 Å². The third-order valence-corrected chi connectivity index (χ3v) is 11.0. The van der Waals surface area contributed by atoms with Crippen molar-refractivity contribution in [3.05, 3.63) is 34.9 Å². The van der Waals surface area contributed by atoms with Gasteiger partial charge in [-0.15, -0.1) is 0 Å². The number of carbonyl (C=O) groups excluding carboxylic acids is 1. The maximum atomic E-state index is 13.3. The van der Waals surface area contributed by atoms with Crippen molar-refractivity contribution >= 4 is 42.3 Å². The van der Waals surface area contributed by atoms with Gasteiger partial charge in [-0.3, -0.25) is 4.79 Å². The molecule has 0 aromatic heterocycles. The molecular weight excluding hydrogens is 604 g/mol. The fraction of sp³-hybridized carbons (Fsp3) is 0.774. The van der Waals surface area contributed by atoms with Crippen LogP contribution in [0.15, 0.2) is 24.3 Å². The second kappa shape index (κ2) is 14.3. The number of aliphatic hydroxyl groups is 1. The molecule has 0 bridgehead atoms. The third-order valence-electron chi connectivity index (χ3n) is 7.71. The Morgan fingerprint density at radius 1 is 0.929 bits per heavy atom. The van der Waals surface area contributed by atoms with Crippen LogP contribution in [0.25, 0.3) is 0 Å². The van der Waals surface area contributed by atoms with Crippen LogP contribution in [0.4, 0.5) is 0 Å². The molecule has 2 aliphatic heterocycles. The molecule has 1 aromatic carbocycles. The summed E-state index contributed by atoms with van der Waals surface area (Å²) in [4.78, 5) is 13.3. The fourth-order valence-electron chi connectivity index (χ4n) is 5.78. The second-order valence-electron chi connectivity index (χ2n) is 15.2. The molecule has 1 unspecified atom stereocenters. The number of benzene rings is 1. The Morgan fingerprint density at radius 2 is 1.50 bits per heavy atom. The number of epoxide rings is 1. The number of ketones is 1. The van der Waals surface area contributed by atoms with Crippen molar-refractivity contribution in [1.82, 2.24) is 0 Å². The van der Waals surface area contributed by atoms with E-state index in [1.807, 2.05) is 0 Å². The molecule has 2 fully saturated rings. The van der Waals surface area contributed by atoms with Crippen molar-refractivity contribution in [2.45, 2.75) is 135 Å². The van der Waals surface area contributed by atoms with E-state index < -0.39 is 31.1 Å². The molecular formula is C31H55ClO7Si3. The van der Waals surface area contributed by atoms with Crippen LogP contribution in [0.3, 0.4) is 0 Å². The van der Waals surface area contributed by atoms with Gasteiger partial charge in [0, 0.05) is 42.2 Å². The molecule has 2 heterocycles. The van der Waals surface area contributed by atoms with Crippen LogP contribution in [0.1, 0.15) is 44.8 Å². The minimum Gasteiger partial charge on any atom is -0.415 e. The summed E-state index contributed by atoms with van der Waals surface area (Å²) in [7, 11) is -5.65. The van der Waals surface area contributed by atoms with E-state index in [-0.39, 0.29) is 67.1 Å². The lowest BCUT2D eigenvalue weighted by Gasteiger charge is -2.47. The van der Waals surface area contributed by atoms with Gasteiger partial charge in [-0.1, -0.05) is 30.7 Å². The van der Waals surface area contributed by atoms with E-state index >= 15 is 0 Å². The van der Waals surface area contributed by atoms with Gasteiger partial charge in [0.1, 0.15) is 5.78 Å². The summed E-state index contributed by atoms with van der Waals surface area (Å²) in [6.07, 6.45) is -0.218. The van der Waals surface area contributed by atoms with Crippen molar-refractivity contribution in [3.8, 4) is 0 Å². The summed E-state index contributed by atoms with van der Waals surface area (Å²) in [5, 5.41) is 11.3. The minimum atomic E-state index is -2.01. The zero-order valence-electron chi connectivity index (χ0n) is 27.6. The quantitative estimate of drug-likeness (QED) is 0.157. The normalized spacial score (nSPS) is 29.2. The van der Waals surface area contributed by atoms with Crippen molar-refractivity contribution in [2.75, 3.05) is 6.61 Å². The zero-order chi connectivity index (χ0) is 31.6. The monoisotopic (exact) mass is 658 g/mol. The molecule has 0 radical (unpaired) electrons. The number of rotatable bonds is 15. The number of ether oxygens (including phenoxy) is 2. The summed E-state index contributed by atoms with van der Waals surface area (Å²) in [6, 6.07) is 6.97. The Bertz CT molecular complexity index is 1020. The zero-order valence-corrected chi connectivity index (χ0v) is 31.4. The van der Waals surface area contributed by atoms with E-state index in [4.69, 9.17) is 34.4 Å². The Morgan fingerprint density at radius 3 is 2.05 bits per heavy atom. The number of hydrogen-bond acceptors (Lipinski definition) is 7. The van der Waals surface area contributed by atoms with Crippen LogP contribution in [0.5, 0.6) is 0 Å². The Balaban J connectivity index is 1.73. The van der Waals surface area contributed by atoms with Crippen LogP contribution < -0.4 is 0 Å². The lowest BCUT2D eigenvalue weighted by atomic mass is 9.85. The van der Waals surface area contributed by atoms with Crippen LogP contribution in [-0.4, -0.2) is 79.1 Å². The highest BCUT2D eigenvalue weighted by molar-refractivity contribution is 6.70. The largest absolute Gasteiger partial charge is 0.415 e. The Hall–Kier alpha value is -0.409. The van der Waals surface area contributed by atoms with Crippen LogP contribution in [0, 0.1) is 11.8 Å². The van der Waals surface area contributed by atoms with Crippen LogP contribution >= 0.6 is 11.6 Å². The first-order valence-electron chi connectivity index (χ1n) is 15.5. The van der Waals surface area contributed by atoms with Gasteiger partial charge in [-0.2, -0.15) is 0 Å². The molecule has 0 amide bonds. The molecule has 2 saturated heterocycles. The average molecular weight is 659 g/mol. The molecule has 42 heavy (non-hydrogen) atoms. The number of hydrogen-bond donors (Lipinski definition) is 1. The number of carbonyl (C=O) groups is 1. The van der Waals surface area contributed by atoms with Gasteiger partial charge < -0.3 is 27.9 Å². The number of Topliss-reactive ketones (excluding diaryl/α,β-unsaturated/α-hetero) is 1. The van der Waals surface area contributed by atoms with E-state index in [1.54, 1.807) is 24.3 Å². The molecule has 11 heteroatoms. The molecule has 7 nitrogen and oxygen atoms in total. The summed E-state index contributed by atoms with van der Waals surface area (Å²) >= 11 is 5.99. The number of aliphatic hydroxyl groups excluding tert-OH is 1. The summed E-state index contributed by atoms with van der Waals surface area (Å²) < 4.78 is 32.7. The molecule has 3 rings (SSSR count). The smallest absolute Gasteiger partial charge is 0.184 e. The van der Waals surface area contributed by atoms with Gasteiger partial charge in [0.05, 0.1) is 43.2 Å². The Labute approximate surface area is 262 Å². The molecule has 1 aromatic rings. The lowest BCUT2D eigenvalue weighted by Crippen LogP contribution is -2.58. The molecule has 0 spiro atoms. The molecule has 240 valence electrons. The maximum Gasteiger partial charge on any atom is 0.184 e. The van der Waals surface area contributed by atoms with Gasteiger partial charge in [-0.05, 0) is 83.5 Å². The first-order valence-corrected chi connectivity index (χ1v) is 26.1. The van der Waals surface area contributed by atoms with Gasteiger partial charge in [-0.25, -0.2) is 0 Å². The molecule has 1 N–H and O–H groups in total. The van der Waals surface area contributed by atoms with Gasteiger partial charge in [0.2, 0.25) is 0 Å². The standard InChI is InChI=1S/C31H55ClO7Si3/c1-20(21(2)37-40(3,4)5)29-28(36-29)18-27-31(39-42(9,10)11)30(38-41(6,7)8)23(19-35-27)16-25(33)17-26(34)22-12-14-24(32)15-13-22/h12-15,20-21,23,26-31,34H,16-19H2,1-11H3/t20-,21+,23+,26?,27+,28+,29+,30-,31-/m1/s1.